The van der Waals surface area contributed by atoms with Gasteiger partial charge in [-0.2, -0.15) is 0 Å². The smallest absolute Gasteiger partial charge is 0.126 e. The highest BCUT2D eigenvalue weighted by molar-refractivity contribution is 5.22. The van der Waals surface area contributed by atoms with E-state index in [1.165, 1.54) is 25.0 Å². The fraction of sp³-hybridized carbons (Fsp3) is 0.500. The van der Waals surface area contributed by atoms with Gasteiger partial charge in [-0.1, -0.05) is 12.8 Å². The molecule has 0 unspecified atom stereocenters. The maximum Gasteiger partial charge on any atom is 0.126 e. The zero-order valence-corrected chi connectivity index (χ0v) is 8.55. The minimum absolute atomic E-state index is 0.224. The van der Waals surface area contributed by atoms with Crippen molar-refractivity contribution in [3.05, 3.63) is 35.4 Å². The molecule has 0 spiro atoms. The molecular weight excluding hydrogens is 196 g/mol. The molecule has 0 bridgehead atoms. The third-order valence-electron chi connectivity index (χ3n) is 3.18. The van der Waals surface area contributed by atoms with Gasteiger partial charge in [-0.05, 0) is 36.5 Å². The van der Waals surface area contributed by atoms with E-state index >= 15 is 0 Å². The predicted molar refractivity (Wildman–Crippen MR) is 55.2 cm³/mol. The highest BCUT2D eigenvalue weighted by Crippen LogP contribution is 2.34. The normalized spacial score (nSPS) is 19.4. The molecule has 0 amide bonds. The van der Waals surface area contributed by atoms with Crippen molar-refractivity contribution in [3.8, 4) is 0 Å². The van der Waals surface area contributed by atoms with Gasteiger partial charge in [0.2, 0.25) is 0 Å². The van der Waals surface area contributed by atoms with E-state index in [4.69, 9.17) is 5.73 Å². The van der Waals surface area contributed by atoms with Crippen LogP contribution in [0.1, 0.15) is 37.3 Å². The summed E-state index contributed by atoms with van der Waals surface area (Å²) < 4.78 is 26.0. The zero-order valence-electron chi connectivity index (χ0n) is 8.55. The maximum atomic E-state index is 13.0. The van der Waals surface area contributed by atoms with Crippen LogP contribution in [0.2, 0.25) is 0 Å². The second kappa shape index (κ2) is 4.27. The lowest BCUT2D eigenvalue weighted by Crippen LogP contribution is -2.19. The van der Waals surface area contributed by atoms with Crippen LogP contribution >= 0.6 is 0 Å². The molecular formula is C12H15F2N. The molecule has 1 aromatic carbocycles. The van der Waals surface area contributed by atoms with E-state index in [0.717, 1.165) is 18.9 Å². The van der Waals surface area contributed by atoms with Gasteiger partial charge in [0.15, 0.2) is 0 Å². The number of rotatable bonds is 2. The number of hydrogen-bond acceptors (Lipinski definition) is 1. The van der Waals surface area contributed by atoms with Crippen molar-refractivity contribution in [1.29, 1.82) is 0 Å². The molecule has 3 heteroatoms. The van der Waals surface area contributed by atoms with Crippen LogP contribution in [0, 0.1) is 17.6 Å². The molecule has 0 heterocycles. The largest absolute Gasteiger partial charge is 0.324 e. The van der Waals surface area contributed by atoms with Gasteiger partial charge < -0.3 is 5.73 Å². The van der Waals surface area contributed by atoms with Crippen molar-refractivity contribution >= 4 is 0 Å². The lowest BCUT2D eigenvalue weighted by molar-refractivity contribution is 0.440. The van der Waals surface area contributed by atoms with E-state index in [1.807, 2.05) is 0 Å². The van der Waals surface area contributed by atoms with Gasteiger partial charge in [-0.3, -0.25) is 0 Å². The summed E-state index contributed by atoms with van der Waals surface area (Å²) in [7, 11) is 0. The summed E-state index contributed by atoms with van der Waals surface area (Å²) in [5.74, 6) is -0.705. The summed E-state index contributed by atoms with van der Waals surface area (Å²) in [6, 6.07) is 3.33. The Morgan fingerprint density at radius 1 is 1.07 bits per heavy atom. The summed E-state index contributed by atoms with van der Waals surface area (Å²) in [4.78, 5) is 0. The van der Waals surface area contributed by atoms with Crippen LogP contribution in [-0.2, 0) is 0 Å². The summed E-state index contributed by atoms with van der Waals surface area (Å²) in [5, 5.41) is 0. The van der Waals surface area contributed by atoms with Crippen LogP contribution in [-0.4, -0.2) is 0 Å². The van der Waals surface area contributed by atoms with Crippen molar-refractivity contribution in [1.82, 2.24) is 0 Å². The van der Waals surface area contributed by atoms with E-state index in [-0.39, 0.29) is 6.04 Å². The van der Waals surface area contributed by atoms with Crippen molar-refractivity contribution in [2.75, 3.05) is 0 Å². The Hall–Kier alpha value is -0.960. The Bertz CT molecular complexity index is 325. The molecule has 1 saturated carbocycles. The quantitative estimate of drug-likeness (QED) is 0.799. The van der Waals surface area contributed by atoms with E-state index in [0.29, 0.717) is 11.5 Å². The second-order valence-electron chi connectivity index (χ2n) is 4.27. The molecule has 1 aliphatic rings. The third-order valence-corrected chi connectivity index (χ3v) is 3.18. The van der Waals surface area contributed by atoms with E-state index in [1.54, 1.807) is 0 Å². The zero-order chi connectivity index (χ0) is 10.8. The third kappa shape index (κ3) is 2.34. The Balaban J connectivity index is 2.20. The first-order valence-corrected chi connectivity index (χ1v) is 5.38. The highest BCUT2D eigenvalue weighted by atomic mass is 19.1. The first kappa shape index (κ1) is 10.6. The first-order valence-electron chi connectivity index (χ1n) is 5.38. The molecule has 0 aromatic heterocycles. The lowest BCUT2D eigenvalue weighted by atomic mass is 9.92. The van der Waals surface area contributed by atoms with Gasteiger partial charge in [-0.15, -0.1) is 0 Å². The minimum atomic E-state index is -0.543. The molecule has 2 N–H and O–H groups in total. The molecule has 1 atom stereocenters. The van der Waals surface area contributed by atoms with Crippen molar-refractivity contribution in [2.24, 2.45) is 11.7 Å². The van der Waals surface area contributed by atoms with Gasteiger partial charge >= 0.3 is 0 Å². The molecule has 1 nitrogen and oxygen atoms in total. The van der Waals surface area contributed by atoms with Crippen molar-refractivity contribution in [3.63, 3.8) is 0 Å². The average molecular weight is 211 g/mol. The Morgan fingerprint density at radius 3 is 2.13 bits per heavy atom. The van der Waals surface area contributed by atoms with Crippen molar-refractivity contribution < 1.29 is 8.78 Å². The number of nitrogens with two attached hydrogens (primary N) is 1. The van der Waals surface area contributed by atoms with Crippen molar-refractivity contribution in [2.45, 2.75) is 31.7 Å². The summed E-state index contributed by atoms with van der Waals surface area (Å²) >= 11 is 0. The van der Waals surface area contributed by atoms with Crippen LogP contribution in [0.25, 0.3) is 0 Å². The monoisotopic (exact) mass is 211 g/mol. The number of benzene rings is 1. The lowest BCUT2D eigenvalue weighted by Gasteiger charge is -2.19. The Labute approximate surface area is 88.3 Å². The summed E-state index contributed by atoms with van der Waals surface area (Å²) in [6.45, 7) is 0. The molecule has 0 saturated heterocycles. The van der Waals surface area contributed by atoms with E-state index < -0.39 is 11.6 Å². The fourth-order valence-electron chi connectivity index (χ4n) is 2.36. The standard InChI is InChI=1S/C12H15F2N/c13-10-5-9(6-11(14)7-10)12(15)8-3-1-2-4-8/h5-8,12H,1-4,15H2/t12-/m0/s1. The molecule has 82 valence electrons. The van der Waals surface area contributed by atoms with Gasteiger partial charge in [0.05, 0.1) is 0 Å². The van der Waals surface area contributed by atoms with Crippen LogP contribution in [0.3, 0.4) is 0 Å². The highest BCUT2D eigenvalue weighted by Gasteiger charge is 2.23. The van der Waals surface area contributed by atoms with Gasteiger partial charge in [0.1, 0.15) is 11.6 Å². The summed E-state index contributed by atoms with van der Waals surface area (Å²) in [5.41, 5.74) is 6.59. The molecule has 1 aromatic rings. The maximum absolute atomic E-state index is 13.0. The molecule has 1 fully saturated rings. The van der Waals surface area contributed by atoms with E-state index in [2.05, 4.69) is 0 Å². The van der Waals surface area contributed by atoms with Crippen LogP contribution in [0.15, 0.2) is 18.2 Å². The van der Waals surface area contributed by atoms with E-state index in [9.17, 15) is 8.78 Å². The molecule has 15 heavy (non-hydrogen) atoms. The van der Waals surface area contributed by atoms with Crippen LogP contribution < -0.4 is 5.73 Å². The average Bonchev–Trinajstić information content (AvgIpc) is 2.67. The minimum Gasteiger partial charge on any atom is -0.324 e. The SMILES string of the molecule is N[C@H](c1cc(F)cc(F)c1)C1CCCC1. The molecule has 1 aliphatic carbocycles. The number of hydrogen-bond donors (Lipinski definition) is 1. The predicted octanol–water partition coefficient (Wildman–Crippen LogP) is 3.15. The number of halogens is 2. The van der Waals surface area contributed by atoms with Gasteiger partial charge in [0.25, 0.3) is 0 Å². The summed E-state index contributed by atoms with van der Waals surface area (Å²) in [6.07, 6.45) is 4.49. The van der Waals surface area contributed by atoms with Crippen LogP contribution in [0.5, 0.6) is 0 Å². The topological polar surface area (TPSA) is 26.0 Å². The molecule has 2 rings (SSSR count). The Kier molecular flexibility index (Phi) is 3.00. The fourth-order valence-corrected chi connectivity index (χ4v) is 2.36. The Morgan fingerprint density at radius 2 is 1.60 bits per heavy atom. The molecule has 0 aliphatic heterocycles. The van der Waals surface area contributed by atoms with Gasteiger partial charge in [0, 0.05) is 12.1 Å². The molecule has 0 radical (unpaired) electrons. The first-order chi connectivity index (χ1) is 7.16. The van der Waals surface area contributed by atoms with Crippen LogP contribution in [0.4, 0.5) is 8.78 Å². The van der Waals surface area contributed by atoms with Gasteiger partial charge in [-0.25, -0.2) is 8.78 Å². The second-order valence-corrected chi connectivity index (χ2v) is 4.27.